The van der Waals surface area contributed by atoms with Crippen LogP contribution in [0.2, 0.25) is 0 Å². The molecule has 3 fully saturated rings. The van der Waals surface area contributed by atoms with Gasteiger partial charge in [0.05, 0.1) is 17.3 Å². The Balaban J connectivity index is 1.77. The molecule has 0 radical (unpaired) electrons. The largest absolute Gasteiger partial charge is 0.459 e. The summed E-state index contributed by atoms with van der Waals surface area (Å²) in [6.07, 6.45) is 4.46. The highest BCUT2D eigenvalue weighted by Crippen LogP contribution is 2.50. The van der Waals surface area contributed by atoms with Gasteiger partial charge in [-0.15, -0.1) is 0 Å². The van der Waals surface area contributed by atoms with Gasteiger partial charge in [-0.1, -0.05) is 13.3 Å². The number of rotatable bonds is 6. The maximum absolute atomic E-state index is 13.2. The van der Waals surface area contributed by atoms with Crippen molar-refractivity contribution in [2.75, 3.05) is 7.05 Å². The van der Waals surface area contributed by atoms with E-state index in [1.54, 1.807) is 20.9 Å². The van der Waals surface area contributed by atoms with Gasteiger partial charge in [0.15, 0.2) is 0 Å². The van der Waals surface area contributed by atoms with Crippen molar-refractivity contribution in [2.45, 2.75) is 91.1 Å². The molecule has 0 amide bonds. The van der Waals surface area contributed by atoms with E-state index in [0.29, 0.717) is 6.42 Å². The van der Waals surface area contributed by atoms with Crippen LogP contribution in [0.5, 0.6) is 0 Å². The third-order valence-corrected chi connectivity index (χ3v) is 7.75. The average molecular weight is 424 g/mol. The number of ether oxygens (including phenoxy) is 3. The van der Waals surface area contributed by atoms with Crippen LogP contribution < -0.4 is 5.32 Å². The van der Waals surface area contributed by atoms with Crippen molar-refractivity contribution >= 4 is 17.9 Å². The molecule has 7 nitrogen and oxygen atoms in total. The lowest BCUT2D eigenvalue weighted by Gasteiger charge is -2.39. The molecular formula is C23H37NO6. The molecule has 0 aromatic rings. The van der Waals surface area contributed by atoms with Crippen LogP contribution in [0.1, 0.15) is 73.1 Å². The molecule has 6 unspecified atom stereocenters. The van der Waals surface area contributed by atoms with E-state index in [4.69, 9.17) is 14.2 Å². The van der Waals surface area contributed by atoms with Crippen molar-refractivity contribution in [1.29, 1.82) is 0 Å². The molecule has 1 aliphatic heterocycles. The molecule has 2 saturated carbocycles. The van der Waals surface area contributed by atoms with E-state index in [9.17, 15) is 14.4 Å². The number of cyclic esters (lactones) is 1. The Labute approximate surface area is 179 Å². The second-order valence-corrected chi connectivity index (χ2v) is 10.3. The summed E-state index contributed by atoms with van der Waals surface area (Å²) >= 11 is 0. The van der Waals surface area contributed by atoms with Crippen LogP contribution in [0.4, 0.5) is 0 Å². The third kappa shape index (κ3) is 4.23. The van der Waals surface area contributed by atoms with Gasteiger partial charge in [0.1, 0.15) is 5.60 Å². The Morgan fingerprint density at radius 1 is 1.23 bits per heavy atom. The van der Waals surface area contributed by atoms with E-state index in [1.165, 1.54) is 0 Å². The fourth-order valence-electron chi connectivity index (χ4n) is 5.22. The Bertz CT molecular complexity index is 683. The van der Waals surface area contributed by atoms with E-state index in [1.807, 2.05) is 20.8 Å². The first-order chi connectivity index (χ1) is 14.0. The molecule has 3 rings (SSSR count). The number of hydrogen-bond acceptors (Lipinski definition) is 7. The van der Waals surface area contributed by atoms with E-state index >= 15 is 0 Å². The standard InChI is InChI=1S/C23H37NO6/c1-13-12-15-17(19(26)30-23(5)10-8-7-9-11-23)16(13)18(25)28-20(15)29-21(27)22(3,4)14(2)24-6/h13-17,20,24H,7-12H2,1-6H3. The molecule has 0 aromatic carbocycles. The summed E-state index contributed by atoms with van der Waals surface area (Å²) in [7, 11) is 1.78. The lowest BCUT2D eigenvalue weighted by Crippen LogP contribution is -2.51. The second-order valence-electron chi connectivity index (χ2n) is 10.3. The molecule has 1 saturated heterocycles. The van der Waals surface area contributed by atoms with Crippen LogP contribution in [0.25, 0.3) is 0 Å². The van der Waals surface area contributed by atoms with Gasteiger partial charge in [0.2, 0.25) is 0 Å². The van der Waals surface area contributed by atoms with Gasteiger partial charge in [0.25, 0.3) is 6.29 Å². The fourth-order valence-corrected chi connectivity index (χ4v) is 5.22. The summed E-state index contributed by atoms with van der Waals surface area (Å²) in [5.74, 6) is -2.81. The Hall–Kier alpha value is -1.63. The van der Waals surface area contributed by atoms with E-state index < -0.39 is 41.1 Å². The first-order valence-corrected chi connectivity index (χ1v) is 11.3. The number of hydrogen-bond donors (Lipinski definition) is 1. The van der Waals surface area contributed by atoms with Crippen LogP contribution in [-0.2, 0) is 28.6 Å². The van der Waals surface area contributed by atoms with Crippen LogP contribution in [0.15, 0.2) is 0 Å². The summed E-state index contributed by atoms with van der Waals surface area (Å²) < 4.78 is 17.2. The van der Waals surface area contributed by atoms with Crippen molar-refractivity contribution < 1.29 is 28.6 Å². The molecule has 1 N–H and O–H groups in total. The van der Waals surface area contributed by atoms with Gasteiger partial charge in [-0.2, -0.15) is 0 Å². The van der Waals surface area contributed by atoms with Gasteiger partial charge in [0, 0.05) is 12.0 Å². The summed E-state index contributed by atoms with van der Waals surface area (Å²) in [6.45, 7) is 9.40. The maximum atomic E-state index is 13.2. The molecule has 1 heterocycles. The lowest BCUT2D eigenvalue weighted by atomic mass is 9.83. The summed E-state index contributed by atoms with van der Waals surface area (Å²) in [4.78, 5) is 38.8. The van der Waals surface area contributed by atoms with Crippen LogP contribution in [-0.4, -0.2) is 42.9 Å². The Kier molecular flexibility index (Phi) is 6.51. The zero-order chi connectivity index (χ0) is 22.3. The van der Waals surface area contributed by atoms with Gasteiger partial charge >= 0.3 is 17.9 Å². The monoisotopic (exact) mass is 423 g/mol. The van der Waals surface area contributed by atoms with Crippen molar-refractivity contribution in [2.24, 2.45) is 29.1 Å². The normalized spacial score (nSPS) is 34.1. The molecule has 0 aromatic heterocycles. The summed E-state index contributed by atoms with van der Waals surface area (Å²) in [5.41, 5.74) is -1.29. The molecule has 2 aliphatic carbocycles. The quantitative estimate of drug-likeness (QED) is 0.656. The zero-order valence-corrected chi connectivity index (χ0v) is 19.2. The summed E-state index contributed by atoms with van der Waals surface area (Å²) in [5, 5.41) is 3.07. The highest BCUT2D eigenvalue weighted by atomic mass is 16.7. The lowest BCUT2D eigenvalue weighted by molar-refractivity contribution is -0.225. The third-order valence-electron chi connectivity index (χ3n) is 7.75. The number of fused-ring (bicyclic) bond motifs is 2. The Morgan fingerprint density at radius 3 is 2.47 bits per heavy atom. The molecule has 2 bridgehead atoms. The van der Waals surface area contributed by atoms with Crippen LogP contribution in [0.3, 0.4) is 0 Å². The first kappa shape index (κ1) is 23.0. The molecule has 3 aliphatic rings. The van der Waals surface area contributed by atoms with Crippen molar-refractivity contribution in [1.82, 2.24) is 5.32 Å². The summed E-state index contributed by atoms with van der Waals surface area (Å²) in [6, 6.07) is -0.133. The van der Waals surface area contributed by atoms with Crippen LogP contribution in [0, 0.1) is 29.1 Å². The van der Waals surface area contributed by atoms with E-state index in [0.717, 1.165) is 32.1 Å². The highest BCUT2D eigenvalue weighted by Gasteiger charge is 2.60. The minimum atomic E-state index is -1.05. The van der Waals surface area contributed by atoms with Gasteiger partial charge in [-0.05, 0) is 72.8 Å². The van der Waals surface area contributed by atoms with Crippen molar-refractivity contribution in [3.8, 4) is 0 Å². The smallest absolute Gasteiger partial charge is 0.316 e. The maximum Gasteiger partial charge on any atom is 0.316 e. The predicted octanol–water partition coefficient (Wildman–Crippen LogP) is 3.20. The van der Waals surface area contributed by atoms with Gasteiger partial charge in [-0.3, -0.25) is 14.4 Å². The number of carbonyl (C=O) groups is 3. The van der Waals surface area contributed by atoms with Crippen molar-refractivity contribution in [3.63, 3.8) is 0 Å². The number of carbonyl (C=O) groups excluding carboxylic acids is 3. The highest BCUT2D eigenvalue weighted by molar-refractivity contribution is 5.85. The molecule has 0 spiro atoms. The topological polar surface area (TPSA) is 90.9 Å². The van der Waals surface area contributed by atoms with Gasteiger partial charge in [-0.25, -0.2) is 0 Å². The van der Waals surface area contributed by atoms with E-state index in [-0.39, 0.29) is 23.8 Å². The minimum Gasteiger partial charge on any atom is -0.459 e. The number of esters is 3. The first-order valence-electron chi connectivity index (χ1n) is 11.3. The minimum absolute atomic E-state index is 0.0212. The number of nitrogens with one attached hydrogen (secondary N) is 1. The Morgan fingerprint density at radius 2 is 1.87 bits per heavy atom. The molecule has 170 valence electrons. The molecule has 7 heteroatoms. The molecule has 30 heavy (non-hydrogen) atoms. The zero-order valence-electron chi connectivity index (χ0n) is 19.2. The van der Waals surface area contributed by atoms with E-state index in [2.05, 4.69) is 5.32 Å². The SMILES string of the molecule is CNC(C)C(C)(C)C(=O)OC1OC(=O)C2C(C)CC1C2C(=O)OC1(C)CCCCC1. The molecule has 6 atom stereocenters. The fraction of sp³-hybridized carbons (Fsp3) is 0.870. The van der Waals surface area contributed by atoms with Crippen LogP contribution >= 0.6 is 0 Å². The predicted molar refractivity (Wildman–Crippen MR) is 110 cm³/mol. The van der Waals surface area contributed by atoms with Gasteiger partial charge < -0.3 is 19.5 Å². The second kappa shape index (κ2) is 8.48. The molecular weight excluding hydrogens is 386 g/mol. The van der Waals surface area contributed by atoms with Crippen molar-refractivity contribution in [3.05, 3.63) is 0 Å². The average Bonchev–Trinajstić information content (AvgIpc) is 2.98.